The van der Waals surface area contributed by atoms with Crippen LogP contribution in [0.2, 0.25) is 0 Å². The maximum Gasteiger partial charge on any atom is 0.284 e. The molecular weight excluding hydrogens is 214 g/mol. The van der Waals surface area contributed by atoms with Crippen molar-refractivity contribution in [3.8, 4) is 11.5 Å². The highest BCUT2D eigenvalue weighted by Crippen LogP contribution is 2.36. The normalized spacial score (nSPS) is 13.3. The number of ether oxygens (including phenoxy) is 2. The van der Waals surface area contributed by atoms with Gasteiger partial charge in [-0.05, 0) is 6.92 Å². The van der Waals surface area contributed by atoms with Crippen LogP contribution in [0, 0.1) is 10.1 Å². The van der Waals surface area contributed by atoms with Crippen LogP contribution in [-0.4, -0.2) is 23.9 Å². The Morgan fingerprint density at radius 1 is 1.31 bits per heavy atom. The zero-order valence-corrected chi connectivity index (χ0v) is 8.56. The van der Waals surface area contributed by atoms with E-state index in [4.69, 9.17) is 9.47 Å². The molecule has 0 N–H and O–H groups in total. The van der Waals surface area contributed by atoms with Crippen molar-refractivity contribution in [1.29, 1.82) is 0 Å². The van der Waals surface area contributed by atoms with Crippen molar-refractivity contribution in [3.05, 3.63) is 27.8 Å². The summed E-state index contributed by atoms with van der Waals surface area (Å²) in [6.45, 7) is 2.00. The fourth-order valence-corrected chi connectivity index (χ4v) is 1.51. The van der Waals surface area contributed by atoms with Gasteiger partial charge in [-0.15, -0.1) is 0 Å². The van der Waals surface area contributed by atoms with E-state index in [1.807, 2.05) is 0 Å². The van der Waals surface area contributed by atoms with E-state index in [2.05, 4.69) is 0 Å². The summed E-state index contributed by atoms with van der Waals surface area (Å²) in [5, 5.41) is 10.8. The van der Waals surface area contributed by atoms with Gasteiger partial charge in [0, 0.05) is 6.07 Å². The Bertz CT molecular complexity index is 426. The summed E-state index contributed by atoms with van der Waals surface area (Å²) in [5.41, 5.74) is -0.217. The second-order valence-corrected chi connectivity index (χ2v) is 3.33. The predicted octanol–water partition coefficient (Wildman–Crippen LogP) is 1.57. The van der Waals surface area contributed by atoms with Crippen LogP contribution in [-0.2, 0) is 0 Å². The number of nitro benzene ring substituents is 1. The monoisotopic (exact) mass is 223 g/mol. The fourth-order valence-electron chi connectivity index (χ4n) is 1.51. The number of hydrogen-bond acceptors (Lipinski definition) is 5. The van der Waals surface area contributed by atoms with Gasteiger partial charge >= 0.3 is 0 Å². The third-order valence-electron chi connectivity index (χ3n) is 2.24. The SMILES string of the molecule is CC(=O)c1cc2c(cc1[N+](=O)[O-])OCCO2. The lowest BCUT2D eigenvalue weighted by atomic mass is 10.1. The van der Waals surface area contributed by atoms with E-state index < -0.39 is 4.92 Å². The lowest BCUT2D eigenvalue weighted by molar-refractivity contribution is -0.385. The largest absolute Gasteiger partial charge is 0.486 e. The van der Waals surface area contributed by atoms with Crippen LogP contribution < -0.4 is 9.47 Å². The Morgan fingerprint density at radius 2 is 1.88 bits per heavy atom. The molecule has 1 aliphatic rings. The number of Topliss-reactive ketones (excluding diaryl/α,β-unsaturated/α-hetero) is 1. The van der Waals surface area contributed by atoms with E-state index >= 15 is 0 Å². The van der Waals surface area contributed by atoms with Gasteiger partial charge in [-0.2, -0.15) is 0 Å². The minimum Gasteiger partial charge on any atom is -0.486 e. The quantitative estimate of drug-likeness (QED) is 0.432. The standard InChI is InChI=1S/C10H9NO5/c1-6(12)7-4-9-10(16-3-2-15-9)5-8(7)11(13)14/h4-5H,2-3H2,1H3. The topological polar surface area (TPSA) is 78.7 Å². The summed E-state index contributed by atoms with van der Waals surface area (Å²) >= 11 is 0. The highest BCUT2D eigenvalue weighted by Gasteiger charge is 2.24. The van der Waals surface area contributed by atoms with Crippen LogP contribution in [0.4, 0.5) is 5.69 Å². The Hall–Kier alpha value is -2.11. The van der Waals surface area contributed by atoms with Crippen molar-refractivity contribution in [3.63, 3.8) is 0 Å². The smallest absolute Gasteiger partial charge is 0.284 e. The maximum atomic E-state index is 11.3. The number of ketones is 1. The number of carbonyl (C=O) groups excluding carboxylic acids is 1. The van der Waals surface area contributed by atoms with Crippen molar-refractivity contribution >= 4 is 11.5 Å². The Morgan fingerprint density at radius 3 is 2.38 bits per heavy atom. The van der Waals surface area contributed by atoms with Crippen molar-refractivity contribution < 1.29 is 19.2 Å². The van der Waals surface area contributed by atoms with Crippen molar-refractivity contribution in [1.82, 2.24) is 0 Å². The number of fused-ring (bicyclic) bond motifs is 1. The zero-order valence-electron chi connectivity index (χ0n) is 8.56. The third kappa shape index (κ3) is 1.69. The average molecular weight is 223 g/mol. The van der Waals surface area contributed by atoms with Gasteiger partial charge in [-0.25, -0.2) is 0 Å². The van der Waals surface area contributed by atoms with Gasteiger partial charge in [0.1, 0.15) is 13.2 Å². The second kappa shape index (κ2) is 3.80. The molecule has 0 amide bonds. The molecule has 1 aromatic rings. The summed E-state index contributed by atoms with van der Waals surface area (Å²) in [6.07, 6.45) is 0. The molecule has 0 unspecified atom stereocenters. The number of nitrogens with zero attached hydrogens (tertiary/aromatic N) is 1. The molecule has 0 radical (unpaired) electrons. The van der Waals surface area contributed by atoms with E-state index in [-0.39, 0.29) is 17.0 Å². The molecule has 16 heavy (non-hydrogen) atoms. The second-order valence-electron chi connectivity index (χ2n) is 3.33. The molecule has 0 aromatic heterocycles. The van der Waals surface area contributed by atoms with E-state index in [0.29, 0.717) is 24.7 Å². The molecule has 1 heterocycles. The van der Waals surface area contributed by atoms with Crippen LogP contribution >= 0.6 is 0 Å². The van der Waals surface area contributed by atoms with Crippen LogP contribution in [0.25, 0.3) is 0 Å². The maximum absolute atomic E-state index is 11.3. The lowest BCUT2D eigenvalue weighted by Crippen LogP contribution is -2.16. The summed E-state index contributed by atoms with van der Waals surface area (Å²) in [4.78, 5) is 21.4. The first-order valence-corrected chi connectivity index (χ1v) is 4.68. The first-order valence-electron chi connectivity index (χ1n) is 4.68. The summed E-state index contributed by atoms with van der Waals surface area (Å²) < 4.78 is 10.5. The van der Waals surface area contributed by atoms with Crippen LogP contribution in [0.15, 0.2) is 12.1 Å². The van der Waals surface area contributed by atoms with Crippen LogP contribution in [0.3, 0.4) is 0 Å². The first-order chi connectivity index (χ1) is 7.59. The van der Waals surface area contributed by atoms with Gasteiger partial charge in [0.05, 0.1) is 16.6 Å². The number of rotatable bonds is 2. The zero-order chi connectivity index (χ0) is 11.7. The fraction of sp³-hybridized carbons (Fsp3) is 0.300. The average Bonchev–Trinajstić information content (AvgIpc) is 2.27. The van der Waals surface area contributed by atoms with E-state index in [9.17, 15) is 14.9 Å². The minimum atomic E-state index is -0.602. The molecule has 6 nitrogen and oxygen atoms in total. The van der Waals surface area contributed by atoms with E-state index in [1.165, 1.54) is 19.1 Å². The molecule has 6 heteroatoms. The van der Waals surface area contributed by atoms with Crippen molar-refractivity contribution in [2.45, 2.75) is 6.92 Å². The number of benzene rings is 1. The van der Waals surface area contributed by atoms with Crippen molar-refractivity contribution in [2.75, 3.05) is 13.2 Å². The van der Waals surface area contributed by atoms with Gasteiger partial charge in [-0.1, -0.05) is 0 Å². The molecule has 1 aliphatic heterocycles. The highest BCUT2D eigenvalue weighted by atomic mass is 16.6. The molecule has 0 atom stereocenters. The number of hydrogen-bond donors (Lipinski definition) is 0. The van der Waals surface area contributed by atoms with E-state index in [1.54, 1.807) is 0 Å². The van der Waals surface area contributed by atoms with Gasteiger partial charge in [0.2, 0.25) is 0 Å². The van der Waals surface area contributed by atoms with Gasteiger partial charge < -0.3 is 9.47 Å². The van der Waals surface area contributed by atoms with Gasteiger partial charge in [0.25, 0.3) is 5.69 Å². The molecule has 1 aromatic carbocycles. The molecule has 0 spiro atoms. The Balaban J connectivity index is 2.59. The van der Waals surface area contributed by atoms with Crippen molar-refractivity contribution in [2.24, 2.45) is 0 Å². The molecule has 84 valence electrons. The van der Waals surface area contributed by atoms with E-state index in [0.717, 1.165) is 0 Å². The molecule has 0 aliphatic carbocycles. The van der Waals surface area contributed by atoms with Gasteiger partial charge in [0.15, 0.2) is 17.3 Å². The summed E-state index contributed by atoms with van der Waals surface area (Å²) in [5.74, 6) is 0.314. The highest BCUT2D eigenvalue weighted by molar-refractivity contribution is 5.98. The van der Waals surface area contributed by atoms with Crippen LogP contribution in [0.1, 0.15) is 17.3 Å². The minimum absolute atomic E-state index is 0.0363. The molecule has 0 fully saturated rings. The third-order valence-corrected chi connectivity index (χ3v) is 2.24. The summed E-state index contributed by atoms with van der Waals surface area (Å²) in [6, 6.07) is 2.58. The van der Waals surface area contributed by atoms with Gasteiger partial charge in [-0.3, -0.25) is 14.9 Å². The first kappa shape index (κ1) is 10.4. The molecule has 0 saturated carbocycles. The molecule has 2 rings (SSSR count). The van der Waals surface area contributed by atoms with Crippen LogP contribution in [0.5, 0.6) is 11.5 Å². The summed E-state index contributed by atoms with van der Waals surface area (Å²) in [7, 11) is 0. The molecular formula is C10H9NO5. The lowest BCUT2D eigenvalue weighted by Gasteiger charge is -2.18. The Kier molecular flexibility index (Phi) is 2.47. The number of nitro groups is 1. The number of carbonyl (C=O) groups is 1. The Labute approximate surface area is 90.9 Å². The molecule has 0 saturated heterocycles. The molecule has 0 bridgehead atoms. The predicted molar refractivity (Wildman–Crippen MR) is 54.1 cm³/mol.